The number of ether oxygens (including phenoxy) is 1. The van der Waals surface area contributed by atoms with Crippen LogP contribution in [0.1, 0.15) is 17.5 Å². The standard InChI is InChI=1S/C13H21FN2O/c1-16(2)6-3-7-17-10-12-8-11(9-15)4-5-13(12)14/h4-5,8H,3,6-7,9-10,15H2,1-2H3. The summed E-state index contributed by atoms with van der Waals surface area (Å²) in [6.07, 6.45) is 0.950. The first-order chi connectivity index (χ1) is 8.13. The van der Waals surface area contributed by atoms with E-state index in [0.717, 1.165) is 18.5 Å². The zero-order valence-electron chi connectivity index (χ0n) is 10.6. The summed E-state index contributed by atoms with van der Waals surface area (Å²) in [6.45, 7) is 2.36. The maximum atomic E-state index is 13.4. The Morgan fingerprint density at radius 3 is 2.76 bits per heavy atom. The Bertz CT molecular complexity index is 342. The van der Waals surface area contributed by atoms with Gasteiger partial charge >= 0.3 is 0 Å². The predicted molar refractivity (Wildman–Crippen MR) is 67.1 cm³/mol. The van der Waals surface area contributed by atoms with E-state index in [-0.39, 0.29) is 5.82 Å². The molecule has 0 aromatic heterocycles. The summed E-state index contributed by atoms with van der Waals surface area (Å²) in [4.78, 5) is 2.10. The van der Waals surface area contributed by atoms with Gasteiger partial charge in [0.25, 0.3) is 0 Å². The van der Waals surface area contributed by atoms with Gasteiger partial charge in [-0.1, -0.05) is 6.07 Å². The van der Waals surface area contributed by atoms with Crippen molar-refractivity contribution in [2.75, 3.05) is 27.2 Å². The zero-order chi connectivity index (χ0) is 12.7. The highest BCUT2D eigenvalue weighted by atomic mass is 19.1. The average molecular weight is 240 g/mol. The second-order valence-electron chi connectivity index (χ2n) is 4.34. The fourth-order valence-electron chi connectivity index (χ4n) is 1.53. The predicted octanol–water partition coefficient (Wildman–Crippen LogP) is 1.75. The Kier molecular flexibility index (Phi) is 6.11. The van der Waals surface area contributed by atoms with Crippen LogP contribution in [-0.2, 0) is 17.9 Å². The van der Waals surface area contributed by atoms with E-state index in [1.165, 1.54) is 6.07 Å². The van der Waals surface area contributed by atoms with Gasteiger partial charge in [0.1, 0.15) is 5.82 Å². The van der Waals surface area contributed by atoms with Gasteiger partial charge in [-0.15, -0.1) is 0 Å². The van der Waals surface area contributed by atoms with Gasteiger partial charge < -0.3 is 15.4 Å². The minimum Gasteiger partial charge on any atom is -0.377 e. The molecule has 0 atom stereocenters. The number of benzene rings is 1. The molecule has 0 aliphatic heterocycles. The second kappa shape index (κ2) is 7.37. The first kappa shape index (κ1) is 14.1. The molecule has 96 valence electrons. The molecule has 0 fully saturated rings. The second-order valence-corrected chi connectivity index (χ2v) is 4.34. The first-order valence-corrected chi connectivity index (χ1v) is 5.83. The topological polar surface area (TPSA) is 38.5 Å². The van der Waals surface area contributed by atoms with Crippen LogP contribution in [0, 0.1) is 5.82 Å². The van der Waals surface area contributed by atoms with Crippen molar-refractivity contribution in [3.8, 4) is 0 Å². The molecule has 0 unspecified atom stereocenters. The van der Waals surface area contributed by atoms with Crippen molar-refractivity contribution >= 4 is 0 Å². The van der Waals surface area contributed by atoms with Gasteiger partial charge in [-0.3, -0.25) is 0 Å². The molecule has 17 heavy (non-hydrogen) atoms. The molecule has 0 saturated heterocycles. The lowest BCUT2D eigenvalue weighted by molar-refractivity contribution is 0.111. The Hall–Kier alpha value is -0.970. The van der Waals surface area contributed by atoms with Crippen LogP contribution in [0.3, 0.4) is 0 Å². The highest BCUT2D eigenvalue weighted by Gasteiger charge is 2.03. The largest absolute Gasteiger partial charge is 0.377 e. The summed E-state index contributed by atoms with van der Waals surface area (Å²) in [5.41, 5.74) is 7.02. The van der Waals surface area contributed by atoms with Gasteiger partial charge in [-0.05, 0) is 44.8 Å². The van der Waals surface area contributed by atoms with E-state index in [0.29, 0.717) is 25.3 Å². The Morgan fingerprint density at radius 2 is 2.12 bits per heavy atom. The van der Waals surface area contributed by atoms with Crippen LogP contribution in [0.4, 0.5) is 4.39 Å². The Morgan fingerprint density at radius 1 is 1.35 bits per heavy atom. The van der Waals surface area contributed by atoms with Crippen LogP contribution in [0.15, 0.2) is 18.2 Å². The van der Waals surface area contributed by atoms with E-state index in [1.807, 2.05) is 14.1 Å². The van der Waals surface area contributed by atoms with Crippen molar-refractivity contribution in [1.29, 1.82) is 0 Å². The molecule has 0 saturated carbocycles. The molecule has 0 heterocycles. The molecule has 1 aromatic carbocycles. The van der Waals surface area contributed by atoms with E-state index in [2.05, 4.69) is 4.90 Å². The third kappa shape index (κ3) is 5.26. The van der Waals surface area contributed by atoms with E-state index < -0.39 is 0 Å². The lowest BCUT2D eigenvalue weighted by atomic mass is 10.1. The first-order valence-electron chi connectivity index (χ1n) is 5.83. The number of nitrogens with zero attached hydrogens (tertiary/aromatic N) is 1. The summed E-state index contributed by atoms with van der Waals surface area (Å²) < 4.78 is 18.9. The number of nitrogens with two attached hydrogens (primary N) is 1. The normalized spacial score (nSPS) is 11.1. The Labute approximate surface area is 102 Å². The van der Waals surface area contributed by atoms with Gasteiger partial charge in [0.15, 0.2) is 0 Å². The minimum atomic E-state index is -0.227. The van der Waals surface area contributed by atoms with Crippen LogP contribution in [0.2, 0.25) is 0 Å². The number of hydrogen-bond donors (Lipinski definition) is 1. The monoisotopic (exact) mass is 240 g/mol. The Balaban J connectivity index is 2.35. The fourth-order valence-corrected chi connectivity index (χ4v) is 1.53. The van der Waals surface area contributed by atoms with E-state index in [9.17, 15) is 4.39 Å². The maximum Gasteiger partial charge on any atom is 0.128 e. The summed E-state index contributed by atoms with van der Waals surface area (Å²) in [5, 5.41) is 0. The van der Waals surface area contributed by atoms with Crippen LogP contribution < -0.4 is 5.73 Å². The summed E-state index contributed by atoms with van der Waals surface area (Å²) in [5.74, 6) is -0.227. The quantitative estimate of drug-likeness (QED) is 0.738. The molecule has 0 bridgehead atoms. The van der Waals surface area contributed by atoms with Crippen LogP contribution in [0.25, 0.3) is 0 Å². The minimum absolute atomic E-state index is 0.227. The van der Waals surface area contributed by atoms with E-state index in [4.69, 9.17) is 10.5 Å². The molecule has 1 rings (SSSR count). The van der Waals surface area contributed by atoms with Gasteiger partial charge in [0.2, 0.25) is 0 Å². The molecule has 0 radical (unpaired) electrons. The summed E-state index contributed by atoms with van der Waals surface area (Å²) >= 11 is 0. The van der Waals surface area contributed by atoms with Crippen molar-refractivity contribution in [3.63, 3.8) is 0 Å². The van der Waals surface area contributed by atoms with Crippen molar-refractivity contribution in [3.05, 3.63) is 35.1 Å². The van der Waals surface area contributed by atoms with E-state index >= 15 is 0 Å². The number of rotatable bonds is 7. The maximum absolute atomic E-state index is 13.4. The third-order valence-corrected chi connectivity index (χ3v) is 2.50. The van der Waals surface area contributed by atoms with Gasteiger partial charge in [-0.25, -0.2) is 4.39 Å². The van der Waals surface area contributed by atoms with Crippen LogP contribution in [0.5, 0.6) is 0 Å². The summed E-state index contributed by atoms with van der Waals surface area (Å²) in [7, 11) is 4.04. The van der Waals surface area contributed by atoms with Gasteiger partial charge in [0, 0.05) is 18.7 Å². The SMILES string of the molecule is CN(C)CCCOCc1cc(CN)ccc1F. The molecule has 4 heteroatoms. The van der Waals surface area contributed by atoms with Crippen molar-refractivity contribution in [1.82, 2.24) is 4.90 Å². The van der Waals surface area contributed by atoms with Crippen molar-refractivity contribution < 1.29 is 9.13 Å². The molecule has 0 aliphatic rings. The molecular weight excluding hydrogens is 219 g/mol. The summed E-state index contributed by atoms with van der Waals surface area (Å²) in [6, 6.07) is 4.91. The lowest BCUT2D eigenvalue weighted by Gasteiger charge is -2.10. The van der Waals surface area contributed by atoms with Gasteiger partial charge in [0.05, 0.1) is 6.61 Å². The van der Waals surface area contributed by atoms with Crippen LogP contribution >= 0.6 is 0 Å². The van der Waals surface area contributed by atoms with Gasteiger partial charge in [-0.2, -0.15) is 0 Å². The van der Waals surface area contributed by atoms with Crippen molar-refractivity contribution in [2.24, 2.45) is 5.73 Å². The van der Waals surface area contributed by atoms with Crippen LogP contribution in [-0.4, -0.2) is 32.1 Å². The molecular formula is C13H21FN2O. The molecule has 2 N–H and O–H groups in total. The van der Waals surface area contributed by atoms with E-state index in [1.54, 1.807) is 12.1 Å². The zero-order valence-corrected chi connectivity index (χ0v) is 10.6. The number of hydrogen-bond acceptors (Lipinski definition) is 3. The lowest BCUT2D eigenvalue weighted by Crippen LogP contribution is -2.14. The number of halogens is 1. The highest BCUT2D eigenvalue weighted by molar-refractivity contribution is 5.24. The highest BCUT2D eigenvalue weighted by Crippen LogP contribution is 2.11. The molecule has 0 aliphatic carbocycles. The molecule has 0 spiro atoms. The molecule has 3 nitrogen and oxygen atoms in total. The van der Waals surface area contributed by atoms with Crippen molar-refractivity contribution in [2.45, 2.75) is 19.6 Å². The fraction of sp³-hybridized carbons (Fsp3) is 0.538. The average Bonchev–Trinajstić information content (AvgIpc) is 2.30. The molecule has 1 aromatic rings. The smallest absolute Gasteiger partial charge is 0.128 e. The molecule has 0 amide bonds. The third-order valence-electron chi connectivity index (χ3n) is 2.50.